The Balaban J connectivity index is 1.94. The Morgan fingerprint density at radius 3 is 1.88 bits per heavy atom. The van der Waals surface area contributed by atoms with Gasteiger partial charge in [-0.1, -0.05) is 51.3 Å². The Morgan fingerprint density at radius 1 is 0.853 bits per heavy atom. The van der Waals surface area contributed by atoms with Gasteiger partial charge in [-0.3, -0.25) is 0 Å². The number of aliphatic hydroxyl groups excluding tert-OH is 1. The van der Waals surface area contributed by atoms with Gasteiger partial charge < -0.3 is 24.1 Å². The summed E-state index contributed by atoms with van der Waals surface area (Å²) in [5.41, 5.74) is 1.64. The molecular weight excluding hydrogens is 440 g/mol. The van der Waals surface area contributed by atoms with Crippen LogP contribution in [-0.4, -0.2) is 48.9 Å². The van der Waals surface area contributed by atoms with Crippen molar-refractivity contribution in [2.45, 2.75) is 25.4 Å². The van der Waals surface area contributed by atoms with Crippen LogP contribution in [0.1, 0.15) is 25.0 Å². The van der Waals surface area contributed by atoms with Crippen molar-refractivity contribution in [2.75, 3.05) is 19.8 Å². The molecule has 2 aromatic rings. The van der Waals surface area contributed by atoms with Gasteiger partial charge in [0.05, 0.1) is 0 Å². The largest absolute Gasteiger partial charge is 0.491 e. The Hall–Kier alpha value is -3.91. The van der Waals surface area contributed by atoms with E-state index in [1.165, 1.54) is 0 Å². The van der Waals surface area contributed by atoms with Gasteiger partial charge in [-0.2, -0.15) is 0 Å². The van der Waals surface area contributed by atoms with Crippen molar-refractivity contribution in [2.24, 2.45) is 0 Å². The Labute approximate surface area is 198 Å². The van der Waals surface area contributed by atoms with Gasteiger partial charge in [-0.05, 0) is 35.4 Å². The van der Waals surface area contributed by atoms with E-state index in [9.17, 15) is 19.5 Å². The number of benzene rings is 2. The molecule has 1 atom stereocenters. The fraction of sp³-hybridized carbons (Fsp3) is 0.269. The van der Waals surface area contributed by atoms with Crippen LogP contribution in [-0.2, 0) is 29.3 Å². The van der Waals surface area contributed by atoms with E-state index in [-0.39, 0.29) is 18.6 Å². The molecule has 0 heterocycles. The predicted octanol–water partition coefficient (Wildman–Crippen LogP) is 3.12. The molecule has 8 heteroatoms. The van der Waals surface area contributed by atoms with Crippen LogP contribution in [0.3, 0.4) is 0 Å². The van der Waals surface area contributed by atoms with Crippen LogP contribution in [0, 0.1) is 0 Å². The van der Waals surface area contributed by atoms with Crippen molar-refractivity contribution in [3.8, 4) is 11.5 Å². The number of hydrogen-bond donors (Lipinski definition) is 1. The normalized spacial score (nSPS) is 11.6. The summed E-state index contributed by atoms with van der Waals surface area (Å²) in [6, 6.07) is 14.5. The minimum absolute atomic E-state index is 0.0276. The third-order valence-corrected chi connectivity index (χ3v) is 4.91. The Morgan fingerprint density at radius 2 is 1.35 bits per heavy atom. The molecule has 0 saturated heterocycles. The number of ether oxygens (including phenoxy) is 4. The second kappa shape index (κ2) is 12.4. The van der Waals surface area contributed by atoms with Crippen molar-refractivity contribution in [1.82, 2.24) is 0 Å². The summed E-state index contributed by atoms with van der Waals surface area (Å²) in [6.07, 6.45) is 1.04. The van der Waals surface area contributed by atoms with E-state index in [0.29, 0.717) is 11.5 Å². The van der Waals surface area contributed by atoms with E-state index in [2.05, 4.69) is 31.7 Å². The van der Waals surface area contributed by atoms with Crippen molar-refractivity contribution >= 4 is 17.9 Å². The summed E-state index contributed by atoms with van der Waals surface area (Å²) < 4.78 is 20.1. The van der Waals surface area contributed by atoms with Gasteiger partial charge in [0.15, 0.2) is 6.61 Å². The monoisotopic (exact) mass is 468 g/mol. The zero-order valence-corrected chi connectivity index (χ0v) is 19.2. The third-order valence-electron chi connectivity index (χ3n) is 4.91. The molecular formula is C26H28O8. The fourth-order valence-corrected chi connectivity index (χ4v) is 2.90. The van der Waals surface area contributed by atoms with Crippen molar-refractivity contribution in [3.63, 3.8) is 0 Å². The molecule has 0 radical (unpaired) electrons. The van der Waals surface area contributed by atoms with Gasteiger partial charge in [0.25, 0.3) is 0 Å². The first kappa shape index (κ1) is 26.3. The standard InChI is InChI=1S/C26H28O8/c1-5-23(28)32-16-20(27)15-31-21-11-7-18(8-12-21)26(3,4)19-9-13-22(14-10-19)34-25(30)17-33-24(29)6-2/h5-14,20,27H,1-2,15-17H2,3-4H3. The molecule has 0 spiro atoms. The maximum absolute atomic E-state index is 11.8. The lowest BCUT2D eigenvalue weighted by Crippen LogP contribution is -2.24. The first-order valence-corrected chi connectivity index (χ1v) is 10.5. The third kappa shape index (κ3) is 7.90. The highest BCUT2D eigenvalue weighted by molar-refractivity contribution is 5.84. The average Bonchev–Trinajstić information content (AvgIpc) is 2.85. The number of carbonyl (C=O) groups is 3. The predicted molar refractivity (Wildman–Crippen MR) is 124 cm³/mol. The molecule has 1 N–H and O–H groups in total. The first-order valence-electron chi connectivity index (χ1n) is 10.5. The van der Waals surface area contributed by atoms with E-state index in [0.717, 1.165) is 23.3 Å². The molecule has 2 rings (SSSR count). The van der Waals surface area contributed by atoms with E-state index < -0.39 is 30.6 Å². The molecule has 8 nitrogen and oxygen atoms in total. The molecule has 34 heavy (non-hydrogen) atoms. The van der Waals surface area contributed by atoms with E-state index in [4.69, 9.17) is 14.2 Å². The quantitative estimate of drug-likeness (QED) is 0.288. The zero-order valence-electron chi connectivity index (χ0n) is 19.2. The van der Waals surface area contributed by atoms with Crippen molar-refractivity contribution < 1.29 is 38.4 Å². The van der Waals surface area contributed by atoms with Gasteiger partial charge in [0.2, 0.25) is 0 Å². The average molecular weight is 469 g/mol. The SMILES string of the molecule is C=CC(=O)OCC(=O)Oc1ccc(C(C)(C)c2ccc(OCC(O)COC(=O)C=C)cc2)cc1. The topological polar surface area (TPSA) is 108 Å². The number of carbonyl (C=O) groups excluding carboxylic acids is 3. The van der Waals surface area contributed by atoms with Crippen LogP contribution in [0.2, 0.25) is 0 Å². The van der Waals surface area contributed by atoms with E-state index in [1.54, 1.807) is 24.3 Å². The zero-order chi connectivity index (χ0) is 25.1. The number of aliphatic hydroxyl groups is 1. The van der Waals surface area contributed by atoms with Crippen molar-refractivity contribution in [1.29, 1.82) is 0 Å². The Kier molecular flexibility index (Phi) is 9.58. The molecule has 0 aliphatic carbocycles. The van der Waals surface area contributed by atoms with Gasteiger partial charge in [-0.15, -0.1) is 0 Å². The number of rotatable bonds is 12. The molecule has 180 valence electrons. The molecule has 0 amide bonds. The summed E-state index contributed by atoms with van der Waals surface area (Å²) in [5.74, 6) is -1.10. The molecule has 0 saturated carbocycles. The summed E-state index contributed by atoms with van der Waals surface area (Å²) >= 11 is 0. The van der Waals surface area contributed by atoms with Gasteiger partial charge in [0.1, 0.15) is 30.8 Å². The van der Waals surface area contributed by atoms with Crippen molar-refractivity contribution in [3.05, 3.63) is 85.0 Å². The second-order valence-electron chi connectivity index (χ2n) is 7.76. The van der Waals surface area contributed by atoms with Gasteiger partial charge in [-0.25, -0.2) is 14.4 Å². The van der Waals surface area contributed by atoms with Crippen LogP contribution in [0.25, 0.3) is 0 Å². The van der Waals surface area contributed by atoms with Crippen LogP contribution in [0.5, 0.6) is 11.5 Å². The smallest absolute Gasteiger partial charge is 0.349 e. The molecule has 0 aromatic heterocycles. The summed E-state index contributed by atoms with van der Waals surface area (Å²) in [4.78, 5) is 33.8. The first-order chi connectivity index (χ1) is 16.1. The lowest BCUT2D eigenvalue weighted by Gasteiger charge is -2.26. The molecule has 0 fully saturated rings. The number of hydrogen-bond acceptors (Lipinski definition) is 8. The molecule has 2 aromatic carbocycles. The van der Waals surface area contributed by atoms with Crippen LogP contribution >= 0.6 is 0 Å². The molecule has 0 bridgehead atoms. The molecule has 1 unspecified atom stereocenters. The molecule has 0 aliphatic heterocycles. The maximum atomic E-state index is 11.8. The fourth-order valence-electron chi connectivity index (χ4n) is 2.90. The summed E-state index contributed by atoms with van der Waals surface area (Å²) in [6.45, 7) is 9.94. The second-order valence-corrected chi connectivity index (χ2v) is 7.76. The van der Waals surface area contributed by atoms with Crippen LogP contribution < -0.4 is 9.47 Å². The highest BCUT2D eigenvalue weighted by Crippen LogP contribution is 2.33. The van der Waals surface area contributed by atoms with Crippen LogP contribution in [0.15, 0.2) is 73.8 Å². The van der Waals surface area contributed by atoms with E-state index in [1.807, 2.05) is 24.3 Å². The van der Waals surface area contributed by atoms with Gasteiger partial charge >= 0.3 is 17.9 Å². The highest BCUT2D eigenvalue weighted by atomic mass is 16.6. The minimum atomic E-state index is -0.957. The summed E-state index contributed by atoms with van der Waals surface area (Å²) in [7, 11) is 0. The van der Waals surface area contributed by atoms with Gasteiger partial charge in [0, 0.05) is 17.6 Å². The minimum Gasteiger partial charge on any atom is -0.491 e. The maximum Gasteiger partial charge on any atom is 0.349 e. The lowest BCUT2D eigenvalue weighted by atomic mass is 9.78. The molecule has 0 aliphatic rings. The lowest BCUT2D eigenvalue weighted by molar-refractivity contribution is -0.150. The Bertz CT molecular complexity index is 1010. The van der Waals surface area contributed by atoms with E-state index >= 15 is 0 Å². The summed E-state index contributed by atoms with van der Waals surface area (Å²) in [5, 5.41) is 9.84. The van der Waals surface area contributed by atoms with Crippen LogP contribution in [0.4, 0.5) is 0 Å². The highest BCUT2D eigenvalue weighted by Gasteiger charge is 2.23. The number of esters is 3.